The molecule has 0 atom stereocenters. The molecule has 1 aromatic rings. The van der Waals surface area contributed by atoms with Gasteiger partial charge in [-0.05, 0) is 31.0 Å². The first-order valence-corrected chi connectivity index (χ1v) is 10.4. The summed E-state index contributed by atoms with van der Waals surface area (Å²) in [5.41, 5.74) is 1.45. The Labute approximate surface area is 137 Å². The fourth-order valence-electron chi connectivity index (χ4n) is 2.33. The van der Waals surface area contributed by atoms with Crippen molar-refractivity contribution in [2.45, 2.75) is 18.7 Å². The molecule has 9 heteroatoms. The van der Waals surface area contributed by atoms with E-state index in [1.165, 1.54) is 4.31 Å². The maximum Gasteiger partial charge on any atom is 0.240 e. The zero-order chi connectivity index (χ0) is 17.1. The van der Waals surface area contributed by atoms with Crippen LogP contribution in [0.3, 0.4) is 0 Å². The van der Waals surface area contributed by atoms with E-state index in [1.807, 2.05) is 6.07 Å². The highest BCUT2D eigenvalue weighted by Crippen LogP contribution is 2.16. The lowest BCUT2D eigenvalue weighted by Gasteiger charge is -2.26. The van der Waals surface area contributed by atoms with Crippen LogP contribution in [0.2, 0.25) is 0 Å². The molecule has 0 unspecified atom stereocenters. The van der Waals surface area contributed by atoms with Crippen LogP contribution in [-0.2, 0) is 24.8 Å². The van der Waals surface area contributed by atoms with E-state index in [-0.39, 0.29) is 17.2 Å². The average molecular weight is 362 g/mol. The fraction of sp³-hybridized carbons (Fsp3) is 0.571. The number of hydrogen-bond donors (Lipinski definition) is 1. The molecule has 130 valence electrons. The van der Waals surface area contributed by atoms with Gasteiger partial charge < -0.3 is 4.74 Å². The van der Waals surface area contributed by atoms with Crippen molar-refractivity contribution in [1.29, 1.82) is 0 Å². The van der Waals surface area contributed by atoms with E-state index in [1.54, 1.807) is 26.0 Å². The van der Waals surface area contributed by atoms with Gasteiger partial charge in [0.05, 0.1) is 23.9 Å². The number of rotatable bonds is 6. The summed E-state index contributed by atoms with van der Waals surface area (Å²) in [6, 6.07) is 5.14. The quantitative estimate of drug-likeness (QED) is 0.783. The number of benzene rings is 1. The standard InChI is InChI=1S/C14H22N2O5S2/c1-12-3-4-13(2)14(11-12)23(19,20)15-5-10-22(17,18)16-6-8-21-9-7-16/h3-4,11,15H,5-10H2,1-2H3. The molecule has 23 heavy (non-hydrogen) atoms. The van der Waals surface area contributed by atoms with Crippen molar-refractivity contribution < 1.29 is 21.6 Å². The number of nitrogens with zero attached hydrogens (tertiary/aromatic N) is 1. The van der Waals surface area contributed by atoms with E-state index >= 15 is 0 Å². The molecule has 0 radical (unpaired) electrons. The van der Waals surface area contributed by atoms with Gasteiger partial charge in [-0.15, -0.1) is 0 Å². The molecule has 0 aliphatic carbocycles. The summed E-state index contributed by atoms with van der Waals surface area (Å²) < 4.78 is 57.8. The number of aryl methyl sites for hydroxylation is 2. The lowest BCUT2D eigenvalue weighted by Crippen LogP contribution is -2.43. The first-order chi connectivity index (χ1) is 10.7. The monoisotopic (exact) mass is 362 g/mol. The molecule has 1 heterocycles. The third-order valence-corrected chi connectivity index (χ3v) is 7.12. The lowest BCUT2D eigenvalue weighted by molar-refractivity contribution is 0.0730. The highest BCUT2D eigenvalue weighted by atomic mass is 32.2. The van der Waals surface area contributed by atoms with E-state index in [0.29, 0.717) is 31.9 Å². The van der Waals surface area contributed by atoms with E-state index in [0.717, 1.165) is 5.56 Å². The van der Waals surface area contributed by atoms with Crippen molar-refractivity contribution in [3.63, 3.8) is 0 Å². The van der Waals surface area contributed by atoms with Gasteiger partial charge in [0.25, 0.3) is 0 Å². The first-order valence-electron chi connectivity index (χ1n) is 7.35. The molecule has 1 aromatic carbocycles. The van der Waals surface area contributed by atoms with Crippen LogP contribution in [0.15, 0.2) is 23.1 Å². The molecule has 0 bridgehead atoms. The van der Waals surface area contributed by atoms with Crippen molar-refractivity contribution in [2.24, 2.45) is 0 Å². The van der Waals surface area contributed by atoms with Gasteiger partial charge >= 0.3 is 0 Å². The fourth-order valence-corrected chi connectivity index (χ4v) is 5.15. The molecule has 0 spiro atoms. The Morgan fingerprint density at radius 3 is 2.43 bits per heavy atom. The summed E-state index contributed by atoms with van der Waals surface area (Å²) in [5, 5.41) is 0. The Kier molecular flexibility index (Phi) is 5.79. The Balaban J connectivity index is 2.01. The second kappa shape index (κ2) is 7.27. The SMILES string of the molecule is Cc1ccc(C)c(S(=O)(=O)NCCS(=O)(=O)N2CCOCC2)c1. The smallest absolute Gasteiger partial charge is 0.240 e. The van der Waals surface area contributed by atoms with Crippen LogP contribution in [-0.4, -0.2) is 59.7 Å². The topological polar surface area (TPSA) is 92.8 Å². The highest BCUT2D eigenvalue weighted by molar-refractivity contribution is 7.90. The van der Waals surface area contributed by atoms with Gasteiger partial charge in [-0.2, -0.15) is 4.31 Å². The van der Waals surface area contributed by atoms with Crippen LogP contribution in [0.5, 0.6) is 0 Å². The normalized spacial score (nSPS) is 17.3. The number of nitrogens with one attached hydrogen (secondary N) is 1. The number of sulfonamides is 2. The summed E-state index contributed by atoms with van der Waals surface area (Å²) in [7, 11) is -7.20. The molecule has 1 N–H and O–H groups in total. The van der Waals surface area contributed by atoms with E-state index < -0.39 is 20.0 Å². The zero-order valence-electron chi connectivity index (χ0n) is 13.3. The van der Waals surface area contributed by atoms with Gasteiger partial charge in [0.2, 0.25) is 20.0 Å². The van der Waals surface area contributed by atoms with Crippen molar-refractivity contribution >= 4 is 20.0 Å². The molecule has 1 saturated heterocycles. The Morgan fingerprint density at radius 2 is 1.78 bits per heavy atom. The zero-order valence-corrected chi connectivity index (χ0v) is 14.9. The van der Waals surface area contributed by atoms with E-state index in [4.69, 9.17) is 4.74 Å². The minimum atomic E-state index is -3.72. The lowest BCUT2D eigenvalue weighted by atomic mass is 10.2. The highest BCUT2D eigenvalue weighted by Gasteiger charge is 2.25. The van der Waals surface area contributed by atoms with Crippen LogP contribution in [0.4, 0.5) is 0 Å². The Morgan fingerprint density at radius 1 is 1.13 bits per heavy atom. The summed E-state index contributed by atoms with van der Waals surface area (Å²) in [6.45, 7) is 4.72. The van der Waals surface area contributed by atoms with Gasteiger partial charge in [0, 0.05) is 19.6 Å². The summed E-state index contributed by atoms with van der Waals surface area (Å²) in [4.78, 5) is 0.182. The average Bonchev–Trinajstić information content (AvgIpc) is 2.50. The van der Waals surface area contributed by atoms with Crippen LogP contribution in [0.25, 0.3) is 0 Å². The number of ether oxygens (including phenoxy) is 1. The molecule has 0 saturated carbocycles. The molecule has 7 nitrogen and oxygen atoms in total. The Hall–Kier alpha value is -1.00. The van der Waals surface area contributed by atoms with Crippen LogP contribution in [0, 0.1) is 13.8 Å². The molecular formula is C14H22N2O5S2. The van der Waals surface area contributed by atoms with Crippen LogP contribution in [0.1, 0.15) is 11.1 Å². The maximum atomic E-state index is 12.3. The van der Waals surface area contributed by atoms with Crippen molar-refractivity contribution in [3.05, 3.63) is 29.3 Å². The van der Waals surface area contributed by atoms with E-state index in [2.05, 4.69) is 4.72 Å². The second-order valence-electron chi connectivity index (χ2n) is 5.49. The third-order valence-electron chi connectivity index (χ3n) is 3.65. The van der Waals surface area contributed by atoms with Crippen molar-refractivity contribution in [2.75, 3.05) is 38.6 Å². The summed E-state index contributed by atoms with van der Waals surface area (Å²) in [6.07, 6.45) is 0. The second-order valence-corrected chi connectivity index (χ2v) is 9.32. The minimum absolute atomic E-state index is 0.157. The van der Waals surface area contributed by atoms with Crippen LogP contribution < -0.4 is 4.72 Å². The van der Waals surface area contributed by atoms with E-state index in [9.17, 15) is 16.8 Å². The van der Waals surface area contributed by atoms with Crippen molar-refractivity contribution in [3.8, 4) is 0 Å². The van der Waals surface area contributed by atoms with Gasteiger partial charge in [-0.1, -0.05) is 12.1 Å². The molecule has 1 aliphatic rings. The minimum Gasteiger partial charge on any atom is -0.379 e. The molecule has 1 aliphatic heterocycles. The molecule has 0 aromatic heterocycles. The molecule has 1 fully saturated rings. The van der Waals surface area contributed by atoms with Crippen LogP contribution >= 0.6 is 0 Å². The number of morpholine rings is 1. The molecule has 2 rings (SSSR count). The predicted molar refractivity (Wildman–Crippen MR) is 87.3 cm³/mol. The van der Waals surface area contributed by atoms with Gasteiger partial charge in [0.15, 0.2) is 0 Å². The van der Waals surface area contributed by atoms with Crippen molar-refractivity contribution in [1.82, 2.24) is 9.03 Å². The largest absolute Gasteiger partial charge is 0.379 e. The maximum absolute atomic E-state index is 12.3. The van der Waals surface area contributed by atoms with Gasteiger partial charge in [-0.3, -0.25) is 0 Å². The number of hydrogen-bond acceptors (Lipinski definition) is 5. The third kappa shape index (κ3) is 4.74. The van der Waals surface area contributed by atoms with Gasteiger partial charge in [-0.25, -0.2) is 21.6 Å². The molecule has 0 amide bonds. The van der Waals surface area contributed by atoms with Gasteiger partial charge in [0.1, 0.15) is 0 Å². The predicted octanol–water partition coefficient (Wildman–Crippen LogP) is 0.244. The Bertz CT molecular complexity index is 753. The molecular weight excluding hydrogens is 340 g/mol. The first kappa shape index (κ1) is 18.3. The summed E-state index contributed by atoms with van der Waals surface area (Å²) in [5.74, 6) is -0.267. The summed E-state index contributed by atoms with van der Waals surface area (Å²) >= 11 is 0.